The van der Waals surface area contributed by atoms with Crippen molar-refractivity contribution < 1.29 is 4.74 Å². The molecule has 4 rings (SSSR count). The average molecular weight is 377 g/mol. The maximum atomic E-state index is 9.67. The van der Waals surface area contributed by atoms with Gasteiger partial charge in [-0.3, -0.25) is 0 Å². The van der Waals surface area contributed by atoms with Gasteiger partial charge in [-0.25, -0.2) is 0 Å². The molecule has 0 saturated heterocycles. The molecule has 0 amide bonds. The highest BCUT2D eigenvalue weighted by atomic mass is 79.9. The van der Waals surface area contributed by atoms with Gasteiger partial charge in [0.25, 0.3) is 0 Å². The molecule has 1 heterocycles. The molecule has 1 atom stereocenters. The summed E-state index contributed by atoms with van der Waals surface area (Å²) in [6, 6.07) is 22.2. The molecule has 24 heavy (non-hydrogen) atoms. The molecule has 0 fully saturated rings. The van der Waals surface area contributed by atoms with Crippen molar-refractivity contribution in [2.45, 2.75) is 5.92 Å². The minimum absolute atomic E-state index is 0.174. The molecule has 0 bridgehead atoms. The number of hydrogen-bond donors (Lipinski definition) is 1. The van der Waals surface area contributed by atoms with Crippen LogP contribution >= 0.6 is 15.9 Å². The molecule has 4 heteroatoms. The summed E-state index contributed by atoms with van der Waals surface area (Å²) in [5, 5.41) is 11.9. The standard InChI is InChI=1S/C20H13BrN2O/c21-14-8-5-13(6-9-14)18-16(11-22)20(23)24-17-10-7-12-3-1-2-4-15(12)19(17)18/h1-10,18H,23H2. The Morgan fingerprint density at radius 2 is 1.75 bits per heavy atom. The third-order valence-corrected chi connectivity index (χ3v) is 4.85. The van der Waals surface area contributed by atoms with Crippen LogP contribution in [0.5, 0.6) is 5.75 Å². The first kappa shape index (κ1) is 14.8. The fourth-order valence-corrected chi connectivity index (χ4v) is 3.49. The molecule has 3 nitrogen and oxygen atoms in total. The van der Waals surface area contributed by atoms with E-state index >= 15 is 0 Å². The van der Waals surface area contributed by atoms with Crippen molar-refractivity contribution in [3.63, 3.8) is 0 Å². The van der Waals surface area contributed by atoms with Gasteiger partial charge in [0.05, 0.1) is 5.92 Å². The van der Waals surface area contributed by atoms with Gasteiger partial charge in [0.2, 0.25) is 5.88 Å². The lowest BCUT2D eigenvalue weighted by Crippen LogP contribution is -2.21. The zero-order valence-corrected chi connectivity index (χ0v) is 14.2. The summed E-state index contributed by atoms with van der Waals surface area (Å²) in [5.41, 5.74) is 8.48. The van der Waals surface area contributed by atoms with Crippen molar-refractivity contribution >= 4 is 26.7 Å². The number of ether oxygens (including phenoxy) is 1. The second-order valence-corrected chi connectivity index (χ2v) is 6.59. The SMILES string of the molecule is N#CC1=C(N)Oc2ccc3ccccc3c2C1c1ccc(Br)cc1. The van der Waals surface area contributed by atoms with Crippen molar-refractivity contribution in [3.8, 4) is 11.8 Å². The van der Waals surface area contributed by atoms with E-state index in [1.165, 1.54) is 0 Å². The molecule has 1 unspecified atom stereocenters. The van der Waals surface area contributed by atoms with E-state index in [0.29, 0.717) is 11.3 Å². The largest absolute Gasteiger partial charge is 0.440 e. The number of halogens is 1. The molecule has 3 aromatic carbocycles. The molecule has 0 aliphatic carbocycles. The smallest absolute Gasteiger partial charge is 0.205 e. The number of nitrogens with zero attached hydrogens (tertiary/aromatic N) is 1. The highest BCUT2D eigenvalue weighted by Gasteiger charge is 2.31. The Hall–Kier alpha value is -2.77. The molecule has 0 saturated carbocycles. The molecular weight excluding hydrogens is 364 g/mol. The summed E-state index contributed by atoms with van der Waals surface area (Å²) < 4.78 is 6.74. The van der Waals surface area contributed by atoms with Gasteiger partial charge in [-0.15, -0.1) is 0 Å². The number of benzene rings is 3. The molecular formula is C20H13BrN2O. The summed E-state index contributed by atoms with van der Waals surface area (Å²) in [7, 11) is 0. The van der Waals surface area contributed by atoms with E-state index in [1.54, 1.807) is 0 Å². The predicted octanol–water partition coefficient (Wildman–Crippen LogP) is 4.82. The third kappa shape index (κ3) is 2.26. The second kappa shape index (κ2) is 5.70. The minimum Gasteiger partial charge on any atom is -0.440 e. The van der Waals surface area contributed by atoms with E-state index in [2.05, 4.69) is 34.1 Å². The molecule has 3 aromatic rings. The molecule has 1 aliphatic rings. The van der Waals surface area contributed by atoms with Crippen LogP contribution in [0.2, 0.25) is 0 Å². The quantitative estimate of drug-likeness (QED) is 0.662. The lowest BCUT2D eigenvalue weighted by atomic mass is 9.81. The number of nitrogens with two attached hydrogens (primary N) is 1. The van der Waals surface area contributed by atoms with Crippen LogP contribution in [-0.4, -0.2) is 0 Å². The molecule has 1 aliphatic heterocycles. The van der Waals surface area contributed by atoms with Gasteiger partial charge in [-0.2, -0.15) is 5.26 Å². The fraction of sp³-hybridized carbons (Fsp3) is 0.0500. The fourth-order valence-electron chi connectivity index (χ4n) is 3.23. The number of fused-ring (bicyclic) bond motifs is 3. The lowest BCUT2D eigenvalue weighted by Gasteiger charge is -2.27. The van der Waals surface area contributed by atoms with E-state index in [4.69, 9.17) is 10.5 Å². The van der Waals surface area contributed by atoms with Gasteiger partial charge < -0.3 is 10.5 Å². The molecule has 0 radical (unpaired) electrons. The minimum atomic E-state index is -0.238. The van der Waals surface area contributed by atoms with Crippen LogP contribution in [0, 0.1) is 11.3 Å². The highest BCUT2D eigenvalue weighted by Crippen LogP contribution is 2.45. The predicted molar refractivity (Wildman–Crippen MR) is 97.4 cm³/mol. The van der Waals surface area contributed by atoms with Gasteiger partial charge in [0, 0.05) is 10.0 Å². The first-order chi connectivity index (χ1) is 11.7. The van der Waals surface area contributed by atoms with Crippen LogP contribution in [0.1, 0.15) is 17.0 Å². The summed E-state index contributed by atoms with van der Waals surface area (Å²) in [4.78, 5) is 0. The van der Waals surface area contributed by atoms with Gasteiger partial charge in [-0.1, -0.05) is 58.4 Å². The molecule has 2 N–H and O–H groups in total. The van der Waals surface area contributed by atoms with Crippen LogP contribution in [-0.2, 0) is 0 Å². The molecule has 116 valence electrons. The Bertz CT molecular complexity index is 1020. The van der Waals surface area contributed by atoms with Crippen molar-refractivity contribution in [1.29, 1.82) is 5.26 Å². The van der Waals surface area contributed by atoms with Gasteiger partial charge in [0.1, 0.15) is 17.4 Å². The maximum absolute atomic E-state index is 9.67. The topological polar surface area (TPSA) is 59.0 Å². The Labute approximate surface area is 148 Å². The Balaban J connectivity index is 2.05. The van der Waals surface area contributed by atoms with Crippen LogP contribution in [0.25, 0.3) is 10.8 Å². The zero-order chi connectivity index (χ0) is 16.7. The van der Waals surface area contributed by atoms with Gasteiger partial charge in [-0.05, 0) is 34.5 Å². The number of hydrogen-bond acceptors (Lipinski definition) is 3. The number of allylic oxidation sites excluding steroid dienone is 1. The van der Waals surface area contributed by atoms with Crippen LogP contribution in [0.15, 0.2) is 76.6 Å². The highest BCUT2D eigenvalue weighted by molar-refractivity contribution is 9.10. The van der Waals surface area contributed by atoms with E-state index in [9.17, 15) is 5.26 Å². The molecule has 0 aromatic heterocycles. The summed E-state index contributed by atoms with van der Waals surface area (Å²) in [5.74, 6) is 0.643. The van der Waals surface area contributed by atoms with Crippen molar-refractivity contribution in [1.82, 2.24) is 0 Å². The lowest BCUT2D eigenvalue weighted by molar-refractivity contribution is 0.395. The molecule has 0 spiro atoms. The van der Waals surface area contributed by atoms with E-state index in [0.717, 1.165) is 26.4 Å². The Morgan fingerprint density at radius 3 is 2.50 bits per heavy atom. The third-order valence-electron chi connectivity index (χ3n) is 4.32. The summed E-state index contributed by atoms with van der Waals surface area (Å²) >= 11 is 3.46. The van der Waals surface area contributed by atoms with Crippen LogP contribution in [0.3, 0.4) is 0 Å². The van der Waals surface area contributed by atoms with E-state index in [1.807, 2.05) is 48.5 Å². The summed E-state index contributed by atoms with van der Waals surface area (Å²) in [6.45, 7) is 0. The first-order valence-electron chi connectivity index (χ1n) is 7.53. The average Bonchev–Trinajstić information content (AvgIpc) is 2.61. The van der Waals surface area contributed by atoms with Crippen LogP contribution in [0.4, 0.5) is 0 Å². The van der Waals surface area contributed by atoms with Crippen LogP contribution < -0.4 is 10.5 Å². The monoisotopic (exact) mass is 376 g/mol. The van der Waals surface area contributed by atoms with E-state index in [-0.39, 0.29) is 11.8 Å². The Kier molecular flexibility index (Phi) is 3.51. The van der Waals surface area contributed by atoms with Gasteiger partial charge >= 0.3 is 0 Å². The zero-order valence-electron chi connectivity index (χ0n) is 12.7. The maximum Gasteiger partial charge on any atom is 0.205 e. The number of rotatable bonds is 1. The second-order valence-electron chi connectivity index (χ2n) is 5.67. The Morgan fingerprint density at radius 1 is 1.00 bits per heavy atom. The number of nitriles is 1. The first-order valence-corrected chi connectivity index (χ1v) is 8.33. The van der Waals surface area contributed by atoms with Gasteiger partial charge in [0.15, 0.2) is 0 Å². The van der Waals surface area contributed by atoms with E-state index < -0.39 is 0 Å². The van der Waals surface area contributed by atoms with Crippen molar-refractivity contribution in [3.05, 3.63) is 87.7 Å². The summed E-state index contributed by atoms with van der Waals surface area (Å²) in [6.07, 6.45) is 0. The van der Waals surface area contributed by atoms with Crippen molar-refractivity contribution in [2.75, 3.05) is 0 Å². The van der Waals surface area contributed by atoms with Crippen molar-refractivity contribution in [2.24, 2.45) is 5.73 Å². The normalized spacial score (nSPS) is 16.4.